The van der Waals surface area contributed by atoms with E-state index in [-0.39, 0.29) is 0 Å². The summed E-state index contributed by atoms with van der Waals surface area (Å²) in [6.45, 7) is 2.08. The molecule has 0 radical (unpaired) electrons. The summed E-state index contributed by atoms with van der Waals surface area (Å²) in [6.07, 6.45) is 7.13. The van der Waals surface area contributed by atoms with Crippen molar-refractivity contribution in [3.63, 3.8) is 0 Å². The highest BCUT2D eigenvalue weighted by molar-refractivity contribution is 5.66. The summed E-state index contributed by atoms with van der Waals surface area (Å²) < 4.78 is 0. The van der Waals surface area contributed by atoms with E-state index in [2.05, 4.69) is 29.0 Å². The molecule has 0 saturated carbocycles. The number of rotatable bonds is 2. The summed E-state index contributed by atoms with van der Waals surface area (Å²) in [5.74, 6) is 0. The maximum absolute atomic E-state index is 4.72. The summed E-state index contributed by atoms with van der Waals surface area (Å²) in [5.41, 5.74) is 5.28. The number of nitrogens with zero attached hydrogens (tertiary/aromatic N) is 3. The van der Waals surface area contributed by atoms with Crippen LogP contribution in [0.15, 0.2) is 61.2 Å². The van der Waals surface area contributed by atoms with Gasteiger partial charge in [0.25, 0.3) is 0 Å². The van der Waals surface area contributed by atoms with Crippen LogP contribution in [-0.2, 0) is 0 Å². The van der Waals surface area contributed by atoms with Crippen LogP contribution >= 0.6 is 0 Å². The maximum atomic E-state index is 4.72. The van der Waals surface area contributed by atoms with Gasteiger partial charge in [-0.25, -0.2) is 4.98 Å². The molecule has 0 amide bonds. The van der Waals surface area contributed by atoms with Crippen LogP contribution in [0.4, 0.5) is 0 Å². The Kier molecular flexibility index (Phi) is 3.02. The molecular formula is C16H13N3. The molecule has 19 heavy (non-hydrogen) atoms. The summed E-state index contributed by atoms with van der Waals surface area (Å²) in [4.78, 5) is 12.8. The van der Waals surface area contributed by atoms with Crippen LogP contribution in [0.5, 0.6) is 0 Å². The molecule has 3 rings (SSSR count). The number of aryl methyl sites for hydroxylation is 1. The zero-order valence-electron chi connectivity index (χ0n) is 10.6. The van der Waals surface area contributed by atoms with Crippen molar-refractivity contribution >= 4 is 0 Å². The highest BCUT2D eigenvalue weighted by Gasteiger charge is 2.04. The first-order chi connectivity index (χ1) is 9.33. The summed E-state index contributed by atoms with van der Waals surface area (Å²) in [5, 5.41) is 0. The fourth-order valence-electron chi connectivity index (χ4n) is 2.01. The van der Waals surface area contributed by atoms with Gasteiger partial charge in [-0.1, -0.05) is 0 Å². The second-order valence-electron chi connectivity index (χ2n) is 4.39. The van der Waals surface area contributed by atoms with Crippen LogP contribution in [0.1, 0.15) is 5.56 Å². The predicted molar refractivity (Wildman–Crippen MR) is 75.4 cm³/mol. The zero-order valence-corrected chi connectivity index (χ0v) is 10.6. The Labute approximate surface area is 112 Å². The van der Waals surface area contributed by atoms with Crippen LogP contribution in [0.2, 0.25) is 0 Å². The van der Waals surface area contributed by atoms with Gasteiger partial charge in [-0.05, 0) is 48.9 Å². The first kappa shape index (κ1) is 11.5. The van der Waals surface area contributed by atoms with E-state index in [0.29, 0.717) is 0 Å². The van der Waals surface area contributed by atoms with E-state index in [9.17, 15) is 0 Å². The lowest BCUT2D eigenvalue weighted by Gasteiger charge is -2.07. The average Bonchev–Trinajstić information content (AvgIpc) is 2.48. The number of hydrogen-bond donors (Lipinski definition) is 0. The molecular weight excluding hydrogens is 234 g/mol. The van der Waals surface area contributed by atoms with E-state index in [1.54, 1.807) is 24.8 Å². The lowest BCUT2D eigenvalue weighted by molar-refractivity contribution is 1.25. The van der Waals surface area contributed by atoms with Gasteiger partial charge in [0.1, 0.15) is 0 Å². The summed E-state index contributed by atoms with van der Waals surface area (Å²) >= 11 is 0. The van der Waals surface area contributed by atoms with Crippen LogP contribution in [0, 0.1) is 6.92 Å². The first-order valence-corrected chi connectivity index (χ1v) is 6.12. The molecule has 3 aromatic rings. The normalized spacial score (nSPS) is 10.4. The molecule has 3 heteroatoms. The second-order valence-corrected chi connectivity index (χ2v) is 4.39. The molecule has 3 nitrogen and oxygen atoms in total. The SMILES string of the molecule is Cc1cc(-c2ccncc2)nc(-c2ccncc2)c1. The first-order valence-electron chi connectivity index (χ1n) is 6.12. The lowest BCUT2D eigenvalue weighted by atomic mass is 10.1. The zero-order chi connectivity index (χ0) is 13.1. The Morgan fingerprint density at radius 3 is 1.53 bits per heavy atom. The highest BCUT2D eigenvalue weighted by Crippen LogP contribution is 2.23. The third kappa shape index (κ3) is 2.50. The Balaban J connectivity index is 2.12. The van der Waals surface area contributed by atoms with Gasteiger partial charge in [-0.15, -0.1) is 0 Å². The van der Waals surface area contributed by atoms with Crippen molar-refractivity contribution in [1.82, 2.24) is 15.0 Å². The van der Waals surface area contributed by atoms with E-state index in [1.165, 1.54) is 5.56 Å². The third-order valence-electron chi connectivity index (χ3n) is 2.92. The van der Waals surface area contributed by atoms with E-state index in [0.717, 1.165) is 22.5 Å². The molecule has 0 aliphatic rings. The molecule has 0 aliphatic carbocycles. The predicted octanol–water partition coefficient (Wildman–Crippen LogP) is 3.51. The summed E-state index contributed by atoms with van der Waals surface area (Å²) in [6, 6.07) is 12.0. The quantitative estimate of drug-likeness (QED) is 0.695. The molecule has 0 atom stereocenters. The maximum Gasteiger partial charge on any atom is 0.0713 e. The van der Waals surface area contributed by atoms with Crippen molar-refractivity contribution in [2.24, 2.45) is 0 Å². The van der Waals surface area contributed by atoms with Crippen molar-refractivity contribution in [2.75, 3.05) is 0 Å². The molecule has 0 aromatic carbocycles. The Bertz CT molecular complexity index is 621. The lowest BCUT2D eigenvalue weighted by Crippen LogP contribution is -1.90. The molecule has 3 heterocycles. The third-order valence-corrected chi connectivity index (χ3v) is 2.92. The van der Waals surface area contributed by atoms with Crippen molar-refractivity contribution in [2.45, 2.75) is 6.92 Å². The van der Waals surface area contributed by atoms with Crippen LogP contribution in [-0.4, -0.2) is 15.0 Å². The van der Waals surface area contributed by atoms with Gasteiger partial charge >= 0.3 is 0 Å². The number of aromatic nitrogens is 3. The minimum Gasteiger partial charge on any atom is -0.265 e. The molecule has 0 fully saturated rings. The van der Waals surface area contributed by atoms with Crippen molar-refractivity contribution < 1.29 is 0 Å². The smallest absolute Gasteiger partial charge is 0.0713 e. The number of pyridine rings is 3. The largest absolute Gasteiger partial charge is 0.265 e. The van der Waals surface area contributed by atoms with E-state index in [1.807, 2.05) is 24.3 Å². The monoisotopic (exact) mass is 247 g/mol. The fraction of sp³-hybridized carbons (Fsp3) is 0.0625. The second kappa shape index (κ2) is 4.98. The fourth-order valence-corrected chi connectivity index (χ4v) is 2.01. The number of hydrogen-bond acceptors (Lipinski definition) is 3. The van der Waals surface area contributed by atoms with Crippen LogP contribution < -0.4 is 0 Å². The van der Waals surface area contributed by atoms with Gasteiger partial charge in [-0.3, -0.25) is 9.97 Å². The van der Waals surface area contributed by atoms with Gasteiger partial charge in [0.05, 0.1) is 11.4 Å². The van der Waals surface area contributed by atoms with Gasteiger partial charge in [0.2, 0.25) is 0 Å². The molecule has 0 aliphatic heterocycles. The molecule has 3 aromatic heterocycles. The van der Waals surface area contributed by atoms with Gasteiger partial charge in [0.15, 0.2) is 0 Å². The van der Waals surface area contributed by atoms with E-state index < -0.39 is 0 Å². The Morgan fingerprint density at radius 1 is 0.684 bits per heavy atom. The van der Waals surface area contributed by atoms with Crippen LogP contribution in [0.3, 0.4) is 0 Å². The average molecular weight is 247 g/mol. The molecule has 0 N–H and O–H groups in total. The van der Waals surface area contributed by atoms with Gasteiger partial charge in [0, 0.05) is 35.9 Å². The van der Waals surface area contributed by atoms with Crippen molar-refractivity contribution in [3.05, 3.63) is 66.7 Å². The minimum atomic E-state index is 0.967. The van der Waals surface area contributed by atoms with E-state index in [4.69, 9.17) is 4.98 Å². The summed E-state index contributed by atoms with van der Waals surface area (Å²) in [7, 11) is 0. The molecule has 92 valence electrons. The minimum absolute atomic E-state index is 0.967. The van der Waals surface area contributed by atoms with Crippen molar-refractivity contribution in [3.8, 4) is 22.5 Å². The molecule has 0 unspecified atom stereocenters. The molecule has 0 bridgehead atoms. The Hall–Kier alpha value is -2.55. The van der Waals surface area contributed by atoms with Crippen molar-refractivity contribution in [1.29, 1.82) is 0 Å². The van der Waals surface area contributed by atoms with E-state index >= 15 is 0 Å². The van der Waals surface area contributed by atoms with Gasteiger partial charge < -0.3 is 0 Å². The Morgan fingerprint density at radius 2 is 1.11 bits per heavy atom. The van der Waals surface area contributed by atoms with Gasteiger partial charge in [-0.2, -0.15) is 0 Å². The molecule has 0 spiro atoms. The highest BCUT2D eigenvalue weighted by atomic mass is 14.7. The topological polar surface area (TPSA) is 38.7 Å². The molecule has 0 saturated heterocycles. The standard InChI is InChI=1S/C16H13N3/c1-12-10-15(13-2-6-17-7-3-13)19-16(11-12)14-4-8-18-9-5-14/h2-11H,1H3. The van der Waals surface area contributed by atoms with Crippen LogP contribution in [0.25, 0.3) is 22.5 Å².